The molecule has 5 heteroatoms. The molecule has 0 spiro atoms. The lowest BCUT2D eigenvalue weighted by Crippen LogP contribution is -2.25. The number of benzene rings is 2. The van der Waals surface area contributed by atoms with E-state index in [0.717, 1.165) is 29.0 Å². The van der Waals surface area contributed by atoms with Crippen molar-refractivity contribution in [3.8, 4) is 11.5 Å². The monoisotopic (exact) mass is 371 g/mol. The highest BCUT2D eigenvalue weighted by Crippen LogP contribution is 2.25. The molecule has 1 unspecified atom stereocenters. The van der Waals surface area contributed by atoms with Gasteiger partial charge in [0.25, 0.3) is 0 Å². The van der Waals surface area contributed by atoms with Crippen LogP contribution in [-0.4, -0.2) is 33.3 Å². The Kier molecular flexibility index (Phi) is 8.65. The number of ether oxygens (including phenoxy) is 3. The molecule has 0 aliphatic rings. The highest BCUT2D eigenvalue weighted by Gasteiger charge is 2.09. The molecule has 1 amide bonds. The fourth-order valence-electron chi connectivity index (χ4n) is 2.79. The van der Waals surface area contributed by atoms with Crippen LogP contribution in [0.3, 0.4) is 0 Å². The van der Waals surface area contributed by atoms with E-state index in [4.69, 9.17) is 14.2 Å². The molecule has 2 aromatic rings. The fraction of sp³-hybridized carbons (Fsp3) is 0.409. The molecule has 2 rings (SSSR count). The molecule has 27 heavy (non-hydrogen) atoms. The summed E-state index contributed by atoms with van der Waals surface area (Å²) in [7, 11) is 3.25. The van der Waals surface area contributed by atoms with Gasteiger partial charge in [0, 0.05) is 19.6 Å². The van der Waals surface area contributed by atoms with Crippen molar-refractivity contribution in [3.05, 3.63) is 59.7 Å². The van der Waals surface area contributed by atoms with Gasteiger partial charge in [-0.15, -0.1) is 0 Å². The van der Waals surface area contributed by atoms with Crippen LogP contribution in [0.5, 0.6) is 11.5 Å². The molecular formula is C22H29NO4. The van der Waals surface area contributed by atoms with E-state index in [9.17, 15) is 4.79 Å². The van der Waals surface area contributed by atoms with E-state index in [1.54, 1.807) is 14.2 Å². The number of hydrogen-bond acceptors (Lipinski definition) is 4. The third-order valence-electron chi connectivity index (χ3n) is 4.39. The first-order valence-corrected chi connectivity index (χ1v) is 9.28. The van der Waals surface area contributed by atoms with Crippen molar-refractivity contribution in [1.82, 2.24) is 5.32 Å². The van der Waals surface area contributed by atoms with Crippen LogP contribution < -0.4 is 14.8 Å². The van der Waals surface area contributed by atoms with Crippen molar-refractivity contribution in [2.75, 3.05) is 27.4 Å². The number of methoxy groups -OCH3 is 2. The topological polar surface area (TPSA) is 56.8 Å². The first-order valence-electron chi connectivity index (χ1n) is 9.28. The van der Waals surface area contributed by atoms with Gasteiger partial charge in [-0.05, 0) is 49.1 Å². The molecule has 0 aromatic heterocycles. The largest absolute Gasteiger partial charge is 0.497 e. The van der Waals surface area contributed by atoms with E-state index in [1.165, 1.54) is 0 Å². The summed E-state index contributed by atoms with van der Waals surface area (Å²) in [5.74, 6) is 1.55. The first-order chi connectivity index (χ1) is 13.1. The number of carbonyl (C=O) groups is 1. The zero-order valence-corrected chi connectivity index (χ0v) is 16.4. The van der Waals surface area contributed by atoms with Gasteiger partial charge < -0.3 is 19.5 Å². The maximum absolute atomic E-state index is 12.1. The molecule has 5 nitrogen and oxygen atoms in total. The van der Waals surface area contributed by atoms with Crippen LogP contribution in [0.15, 0.2) is 48.5 Å². The zero-order chi connectivity index (χ0) is 19.5. The van der Waals surface area contributed by atoms with E-state index in [0.29, 0.717) is 26.0 Å². The maximum Gasteiger partial charge on any atom is 0.220 e. The Morgan fingerprint density at radius 2 is 1.85 bits per heavy atom. The van der Waals surface area contributed by atoms with Crippen molar-refractivity contribution in [1.29, 1.82) is 0 Å². The predicted molar refractivity (Wildman–Crippen MR) is 106 cm³/mol. The van der Waals surface area contributed by atoms with Gasteiger partial charge in [0.1, 0.15) is 11.5 Å². The van der Waals surface area contributed by atoms with Gasteiger partial charge in [0.2, 0.25) is 5.91 Å². The number of aryl methyl sites for hydroxylation is 1. The van der Waals surface area contributed by atoms with Crippen molar-refractivity contribution < 1.29 is 19.0 Å². The lowest BCUT2D eigenvalue weighted by Gasteiger charge is -2.13. The molecule has 0 bridgehead atoms. The number of rotatable bonds is 11. The minimum atomic E-state index is 0.0241. The normalized spacial score (nSPS) is 11.7. The number of hydrogen-bond donors (Lipinski definition) is 1. The average Bonchev–Trinajstić information content (AvgIpc) is 2.72. The van der Waals surface area contributed by atoms with Crippen LogP contribution in [0.4, 0.5) is 0 Å². The second-order valence-electron chi connectivity index (χ2n) is 6.30. The Bertz CT molecular complexity index is 703. The second-order valence-corrected chi connectivity index (χ2v) is 6.30. The molecular weight excluding hydrogens is 342 g/mol. The summed E-state index contributed by atoms with van der Waals surface area (Å²) in [6, 6.07) is 15.7. The summed E-state index contributed by atoms with van der Waals surface area (Å²) >= 11 is 0. The second kappa shape index (κ2) is 11.2. The van der Waals surface area contributed by atoms with Crippen molar-refractivity contribution in [2.24, 2.45) is 0 Å². The fourth-order valence-corrected chi connectivity index (χ4v) is 2.79. The lowest BCUT2D eigenvalue weighted by atomic mass is 10.1. The third-order valence-corrected chi connectivity index (χ3v) is 4.39. The van der Waals surface area contributed by atoms with Crippen LogP contribution >= 0.6 is 0 Å². The molecule has 2 aromatic carbocycles. The maximum atomic E-state index is 12.1. The van der Waals surface area contributed by atoms with E-state index in [1.807, 2.05) is 43.3 Å². The standard InChI is InChI=1S/C22H29NO4/c1-17(18-8-5-4-6-9-18)27-15-7-14-23-22(24)13-10-19-16-20(25-2)11-12-21(19)26-3/h4-6,8-9,11-12,16-17H,7,10,13-15H2,1-3H3,(H,23,24). The molecule has 0 radical (unpaired) electrons. The van der Waals surface area contributed by atoms with Crippen molar-refractivity contribution in [3.63, 3.8) is 0 Å². The quantitative estimate of drug-likeness (QED) is 0.608. The summed E-state index contributed by atoms with van der Waals surface area (Å²) in [5, 5.41) is 2.94. The molecule has 0 aliphatic carbocycles. The number of nitrogens with one attached hydrogen (secondary N) is 1. The SMILES string of the molecule is COc1ccc(OC)c(CCC(=O)NCCCOC(C)c2ccccc2)c1. The van der Waals surface area contributed by atoms with Gasteiger partial charge in [0.15, 0.2) is 0 Å². The molecule has 0 fully saturated rings. The molecule has 0 heterocycles. The average molecular weight is 371 g/mol. The Balaban J connectivity index is 1.65. The van der Waals surface area contributed by atoms with Crippen LogP contribution in [0.25, 0.3) is 0 Å². The van der Waals surface area contributed by atoms with Crippen LogP contribution in [0.1, 0.15) is 37.0 Å². The third kappa shape index (κ3) is 6.94. The molecule has 146 valence electrons. The van der Waals surface area contributed by atoms with Crippen LogP contribution in [0, 0.1) is 0 Å². The minimum Gasteiger partial charge on any atom is -0.497 e. The minimum absolute atomic E-state index is 0.0241. The van der Waals surface area contributed by atoms with Crippen LogP contribution in [0.2, 0.25) is 0 Å². The molecule has 0 saturated carbocycles. The zero-order valence-electron chi connectivity index (χ0n) is 16.4. The van der Waals surface area contributed by atoms with E-state index in [2.05, 4.69) is 17.4 Å². The summed E-state index contributed by atoms with van der Waals surface area (Å²) in [6.07, 6.45) is 1.85. The van der Waals surface area contributed by atoms with Gasteiger partial charge in [0.05, 0.1) is 20.3 Å². The smallest absolute Gasteiger partial charge is 0.220 e. The number of amides is 1. The van der Waals surface area contributed by atoms with Crippen molar-refractivity contribution in [2.45, 2.75) is 32.3 Å². The molecule has 0 aliphatic heterocycles. The van der Waals surface area contributed by atoms with Gasteiger partial charge >= 0.3 is 0 Å². The molecule has 1 N–H and O–H groups in total. The van der Waals surface area contributed by atoms with Crippen LogP contribution in [-0.2, 0) is 16.0 Å². The van der Waals surface area contributed by atoms with Crippen molar-refractivity contribution >= 4 is 5.91 Å². The van der Waals surface area contributed by atoms with E-state index < -0.39 is 0 Å². The Morgan fingerprint density at radius 3 is 2.56 bits per heavy atom. The first kappa shape index (κ1) is 20.8. The van der Waals surface area contributed by atoms with Gasteiger partial charge in [-0.1, -0.05) is 30.3 Å². The lowest BCUT2D eigenvalue weighted by molar-refractivity contribution is -0.121. The molecule has 1 atom stereocenters. The van der Waals surface area contributed by atoms with E-state index in [-0.39, 0.29) is 12.0 Å². The highest BCUT2D eigenvalue weighted by molar-refractivity contribution is 5.76. The van der Waals surface area contributed by atoms with Gasteiger partial charge in [-0.2, -0.15) is 0 Å². The Labute approximate surface area is 161 Å². The van der Waals surface area contributed by atoms with Gasteiger partial charge in [-0.3, -0.25) is 4.79 Å². The van der Waals surface area contributed by atoms with E-state index >= 15 is 0 Å². The molecule has 0 saturated heterocycles. The summed E-state index contributed by atoms with van der Waals surface area (Å²) in [5.41, 5.74) is 2.13. The van der Waals surface area contributed by atoms with Gasteiger partial charge in [-0.25, -0.2) is 0 Å². The Morgan fingerprint density at radius 1 is 1.07 bits per heavy atom. The highest BCUT2D eigenvalue weighted by atomic mass is 16.5. The summed E-state index contributed by atoms with van der Waals surface area (Å²) < 4.78 is 16.4. The number of carbonyl (C=O) groups excluding carboxylic acids is 1. The summed E-state index contributed by atoms with van der Waals surface area (Å²) in [6.45, 7) is 3.26. The summed E-state index contributed by atoms with van der Waals surface area (Å²) in [4.78, 5) is 12.1. The predicted octanol–water partition coefficient (Wildman–Crippen LogP) is 3.92. The Hall–Kier alpha value is -2.53.